The van der Waals surface area contributed by atoms with Gasteiger partial charge in [0, 0.05) is 34.5 Å². The zero-order chi connectivity index (χ0) is 16.0. The van der Waals surface area contributed by atoms with E-state index < -0.39 is 0 Å². The average molecular weight is 304 g/mol. The van der Waals surface area contributed by atoms with Crippen molar-refractivity contribution in [3.8, 4) is 22.3 Å². The highest BCUT2D eigenvalue weighted by Gasteiger charge is 2.16. The van der Waals surface area contributed by atoms with Crippen LogP contribution in [0.1, 0.15) is 17.0 Å². The van der Waals surface area contributed by atoms with E-state index in [0.29, 0.717) is 0 Å². The Hall–Kier alpha value is -2.95. The van der Waals surface area contributed by atoms with E-state index in [0.717, 1.165) is 44.6 Å². The van der Waals surface area contributed by atoms with Gasteiger partial charge in [-0.05, 0) is 50.1 Å². The Bertz CT molecular complexity index is 993. The molecule has 114 valence electrons. The van der Waals surface area contributed by atoms with Gasteiger partial charge in [-0.3, -0.25) is 10.1 Å². The van der Waals surface area contributed by atoms with Crippen molar-refractivity contribution in [2.24, 2.45) is 0 Å². The molecule has 0 spiro atoms. The van der Waals surface area contributed by atoms with Crippen LogP contribution in [0.25, 0.3) is 33.2 Å². The molecule has 1 aromatic carbocycles. The number of rotatable bonds is 2. The minimum absolute atomic E-state index is 0.819. The Kier molecular flexibility index (Phi) is 3.01. The minimum Gasteiger partial charge on any atom is -0.361 e. The predicted molar refractivity (Wildman–Crippen MR) is 89.0 cm³/mol. The van der Waals surface area contributed by atoms with E-state index >= 15 is 0 Å². The minimum atomic E-state index is 0.819. The van der Waals surface area contributed by atoms with Gasteiger partial charge >= 0.3 is 0 Å². The summed E-state index contributed by atoms with van der Waals surface area (Å²) in [5.41, 5.74) is 7.36. The number of benzene rings is 1. The molecule has 0 aliphatic rings. The molecule has 0 radical (unpaired) electrons. The summed E-state index contributed by atoms with van der Waals surface area (Å²) in [4.78, 5) is 4.28. The maximum atomic E-state index is 5.33. The largest absolute Gasteiger partial charge is 0.361 e. The van der Waals surface area contributed by atoms with E-state index in [1.54, 1.807) is 6.20 Å². The Labute approximate surface area is 133 Å². The van der Waals surface area contributed by atoms with Crippen LogP contribution in [0.15, 0.2) is 41.3 Å². The molecule has 0 saturated heterocycles. The van der Waals surface area contributed by atoms with Gasteiger partial charge in [0.15, 0.2) is 0 Å². The van der Waals surface area contributed by atoms with Gasteiger partial charge in [-0.15, -0.1) is 0 Å². The monoisotopic (exact) mass is 304 g/mol. The van der Waals surface area contributed by atoms with Gasteiger partial charge in [0.05, 0.1) is 17.4 Å². The van der Waals surface area contributed by atoms with E-state index in [2.05, 4.69) is 39.4 Å². The molecule has 4 aromatic rings. The van der Waals surface area contributed by atoms with Crippen LogP contribution in [0.3, 0.4) is 0 Å². The molecule has 0 atom stereocenters. The summed E-state index contributed by atoms with van der Waals surface area (Å²) < 4.78 is 5.33. The van der Waals surface area contributed by atoms with Crippen LogP contribution in [0.4, 0.5) is 0 Å². The number of nitrogens with zero attached hydrogens (tertiary/aromatic N) is 3. The number of H-pyrrole nitrogens is 1. The van der Waals surface area contributed by atoms with E-state index in [4.69, 9.17) is 4.52 Å². The normalized spacial score (nSPS) is 11.3. The highest BCUT2D eigenvalue weighted by Crippen LogP contribution is 2.36. The Balaban J connectivity index is 2.05. The molecule has 0 saturated carbocycles. The molecule has 1 N–H and O–H groups in total. The highest BCUT2D eigenvalue weighted by molar-refractivity contribution is 5.98. The number of pyridine rings is 1. The fraction of sp³-hybridized carbons (Fsp3) is 0.167. The van der Waals surface area contributed by atoms with Crippen molar-refractivity contribution >= 4 is 10.9 Å². The van der Waals surface area contributed by atoms with Gasteiger partial charge < -0.3 is 4.52 Å². The number of hydrogen-bond acceptors (Lipinski definition) is 4. The summed E-state index contributed by atoms with van der Waals surface area (Å²) in [6.45, 7) is 5.98. The van der Waals surface area contributed by atoms with Crippen molar-refractivity contribution < 1.29 is 4.52 Å². The Morgan fingerprint density at radius 3 is 2.65 bits per heavy atom. The topological polar surface area (TPSA) is 67.6 Å². The molecule has 0 aliphatic carbocycles. The molecule has 4 rings (SSSR count). The van der Waals surface area contributed by atoms with Gasteiger partial charge in [0.1, 0.15) is 5.76 Å². The zero-order valence-corrected chi connectivity index (χ0v) is 13.2. The van der Waals surface area contributed by atoms with Crippen LogP contribution in [0.2, 0.25) is 0 Å². The van der Waals surface area contributed by atoms with Gasteiger partial charge in [-0.2, -0.15) is 5.10 Å². The Morgan fingerprint density at radius 1 is 1.04 bits per heavy atom. The van der Waals surface area contributed by atoms with Crippen molar-refractivity contribution in [1.82, 2.24) is 20.3 Å². The molecule has 3 aromatic heterocycles. The number of aromatic nitrogens is 4. The summed E-state index contributed by atoms with van der Waals surface area (Å²) in [6.07, 6.45) is 5.54. The third-order valence-corrected chi connectivity index (χ3v) is 4.20. The fourth-order valence-electron chi connectivity index (χ4n) is 3.06. The second-order valence-electron chi connectivity index (χ2n) is 5.75. The van der Waals surface area contributed by atoms with Crippen LogP contribution in [-0.4, -0.2) is 20.3 Å². The smallest absolute Gasteiger partial charge is 0.141 e. The molecule has 0 amide bonds. The van der Waals surface area contributed by atoms with Crippen molar-refractivity contribution in [3.63, 3.8) is 0 Å². The second-order valence-corrected chi connectivity index (χ2v) is 5.75. The highest BCUT2D eigenvalue weighted by atomic mass is 16.5. The third kappa shape index (κ3) is 2.12. The van der Waals surface area contributed by atoms with Gasteiger partial charge in [-0.1, -0.05) is 5.16 Å². The van der Waals surface area contributed by atoms with Gasteiger partial charge in [0.25, 0.3) is 0 Å². The molecular weight excluding hydrogens is 288 g/mol. The quantitative estimate of drug-likeness (QED) is 0.602. The maximum absolute atomic E-state index is 5.33. The molecule has 0 fully saturated rings. The average Bonchev–Trinajstić information content (AvgIpc) is 3.13. The van der Waals surface area contributed by atoms with E-state index in [9.17, 15) is 0 Å². The first kappa shape index (κ1) is 13.7. The van der Waals surface area contributed by atoms with Gasteiger partial charge in [-0.25, -0.2) is 0 Å². The summed E-state index contributed by atoms with van der Waals surface area (Å²) in [6, 6.07) is 6.28. The van der Waals surface area contributed by atoms with E-state index in [1.807, 2.05) is 32.3 Å². The SMILES string of the molecule is Cc1ccncc1-c1cc(-c2c(C)noc2C)cc2cn[nH]c12. The molecule has 5 heteroatoms. The maximum Gasteiger partial charge on any atom is 0.141 e. The summed E-state index contributed by atoms with van der Waals surface area (Å²) in [5.74, 6) is 0.819. The molecule has 0 bridgehead atoms. The van der Waals surface area contributed by atoms with Crippen molar-refractivity contribution in [2.45, 2.75) is 20.8 Å². The number of aryl methyl sites for hydroxylation is 3. The number of fused-ring (bicyclic) bond motifs is 1. The van der Waals surface area contributed by atoms with Crippen LogP contribution >= 0.6 is 0 Å². The molecule has 3 heterocycles. The molecule has 5 nitrogen and oxygen atoms in total. The van der Waals surface area contributed by atoms with Crippen LogP contribution in [0, 0.1) is 20.8 Å². The fourth-order valence-corrected chi connectivity index (χ4v) is 3.06. The number of aromatic amines is 1. The summed E-state index contributed by atoms with van der Waals surface area (Å²) >= 11 is 0. The van der Waals surface area contributed by atoms with Crippen LogP contribution in [0.5, 0.6) is 0 Å². The van der Waals surface area contributed by atoms with Crippen molar-refractivity contribution in [2.75, 3.05) is 0 Å². The lowest BCUT2D eigenvalue weighted by molar-refractivity contribution is 0.393. The first-order chi connectivity index (χ1) is 11.1. The first-order valence-corrected chi connectivity index (χ1v) is 7.46. The molecule has 0 aliphatic heterocycles. The summed E-state index contributed by atoms with van der Waals surface area (Å²) in [7, 11) is 0. The number of hydrogen-bond donors (Lipinski definition) is 1. The predicted octanol–water partition coefficient (Wildman–Crippen LogP) is 4.21. The van der Waals surface area contributed by atoms with Crippen LogP contribution < -0.4 is 0 Å². The van der Waals surface area contributed by atoms with Crippen molar-refractivity contribution in [3.05, 3.63) is 53.8 Å². The van der Waals surface area contributed by atoms with Gasteiger partial charge in [0.2, 0.25) is 0 Å². The van der Waals surface area contributed by atoms with E-state index in [1.165, 1.54) is 5.56 Å². The molecule has 0 unspecified atom stereocenters. The lowest BCUT2D eigenvalue weighted by atomic mass is 9.95. The third-order valence-electron chi connectivity index (χ3n) is 4.20. The van der Waals surface area contributed by atoms with E-state index in [-0.39, 0.29) is 0 Å². The Morgan fingerprint density at radius 2 is 1.91 bits per heavy atom. The standard InChI is InChI=1S/C18H16N4O/c1-10-4-5-19-9-16(10)15-7-13(6-14-8-20-21-18(14)15)17-11(2)22-23-12(17)3/h4-9H,1-3H3,(H,20,21). The molecular formula is C18H16N4O. The summed E-state index contributed by atoms with van der Waals surface area (Å²) in [5, 5.41) is 12.4. The second kappa shape index (κ2) is 5.05. The lowest BCUT2D eigenvalue weighted by Crippen LogP contribution is -1.89. The zero-order valence-electron chi connectivity index (χ0n) is 13.2. The van der Waals surface area contributed by atoms with Crippen LogP contribution in [-0.2, 0) is 0 Å². The van der Waals surface area contributed by atoms with Crippen molar-refractivity contribution in [1.29, 1.82) is 0 Å². The lowest BCUT2D eigenvalue weighted by Gasteiger charge is -2.09. The number of nitrogens with one attached hydrogen (secondary N) is 1. The first-order valence-electron chi connectivity index (χ1n) is 7.46. The molecule has 23 heavy (non-hydrogen) atoms.